The van der Waals surface area contributed by atoms with Crippen molar-refractivity contribution in [2.75, 3.05) is 18.1 Å². The van der Waals surface area contributed by atoms with Crippen LogP contribution in [-0.2, 0) is 14.6 Å². The molecule has 4 N–H and O–H groups in total. The summed E-state index contributed by atoms with van der Waals surface area (Å²) in [5.74, 6) is -0.0385. The van der Waals surface area contributed by atoms with Crippen LogP contribution in [0.15, 0.2) is 18.2 Å². The van der Waals surface area contributed by atoms with Gasteiger partial charge in [0.05, 0.1) is 12.3 Å². The number of nitrogen functional groups attached to an aromatic ring is 2. The lowest BCUT2D eigenvalue weighted by Crippen LogP contribution is -2.14. The van der Waals surface area contributed by atoms with E-state index in [0.717, 1.165) is 0 Å². The molecule has 0 aliphatic rings. The molecule has 0 bridgehead atoms. The van der Waals surface area contributed by atoms with Crippen molar-refractivity contribution in [3.63, 3.8) is 0 Å². The van der Waals surface area contributed by atoms with Crippen LogP contribution in [-0.4, -0.2) is 15.0 Å². The second-order valence-corrected chi connectivity index (χ2v) is 3.91. The number of nitrogens with two attached hydrogens (primary N) is 2. The van der Waals surface area contributed by atoms with E-state index >= 15 is 0 Å². The number of hydrogen-bond acceptors (Lipinski definition) is 6. The van der Waals surface area contributed by atoms with Gasteiger partial charge in [0.15, 0.2) is 5.75 Å². The van der Waals surface area contributed by atoms with E-state index in [2.05, 4.69) is 8.37 Å². The van der Waals surface area contributed by atoms with E-state index in [1.807, 2.05) is 0 Å². The van der Waals surface area contributed by atoms with Crippen LogP contribution in [0.4, 0.5) is 11.4 Å². The van der Waals surface area contributed by atoms with Gasteiger partial charge in [-0.25, -0.2) is 4.18 Å². The minimum absolute atomic E-state index is 0.00937. The second kappa shape index (κ2) is 4.37. The van der Waals surface area contributed by atoms with Crippen LogP contribution < -0.4 is 15.7 Å². The average Bonchev–Trinajstić information content (AvgIpc) is 2.10. The Morgan fingerprint density at radius 1 is 1.33 bits per heavy atom. The van der Waals surface area contributed by atoms with Gasteiger partial charge in [-0.2, -0.15) is 8.42 Å². The molecule has 15 heavy (non-hydrogen) atoms. The smallest absolute Gasteiger partial charge is 0.399 e. The first-order valence-electron chi connectivity index (χ1n) is 4.18. The zero-order valence-corrected chi connectivity index (χ0v) is 8.95. The highest BCUT2D eigenvalue weighted by molar-refractivity contribution is 7.82. The molecule has 0 heterocycles. The summed E-state index contributed by atoms with van der Waals surface area (Å²) in [7, 11) is -4.06. The van der Waals surface area contributed by atoms with Gasteiger partial charge in [0.2, 0.25) is 0 Å². The zero-order valence-electron chi connectivity index (χ0n) is 8.14. The van der Waals surface area contributed by atoms with Gasteiger partial charge in [-0.15, -0.1) is 0 Å². The van der Waals surface area contributed by atoms with Crippen molar-refractivity contribution < 1.29 is 16.8 Å². The number of benzene rings is 1. The molecule has 0 unspecified atom stereocenters. The quantitative estimate of drug-likeness (QED) is 0.733. The molecule has 0 fully saturated rings. The Kier molecular flexibility index (Phi) is 3.38. The van der Waals surface area contributed by atoms with Crippen LogP contribution in [0.3, 0.4) is 0 Å². The standard InChI is InChI=1S/C8H12N2O4S/c1-2-13-15(11,12)14-8-5-6(9)3-4-7(8)10/h3-5H,2,9-10H2,1H3. The van der Waals surface area contributed by atoms with Gasteiger partial charge in [-0.05, 0) is 19.1 Å². The normalized spacial score (nSPS) is 11.3. The third-order valence-corrected chi connectivity index (χ3v) is 2.40. The van der Waals surface area contributed by atoms with E-state index in [-0.39, 0.29) is 18.0 Å². The topological polar surface area (TPSA) is 105 Å². The highest BCUT2D eigenvalue weighted by atomic mass is 32.3. The largest absolute Gasteiger partial charge is 0.449 e. The molecule has 0 aliphatic carbocycles. The van der Waals surface area contributed by atoms with Crippen molar-refractivity contribution >= 4 is 21.8 Å². The fourth-order valence-corrected chi connectivity index (χ4v) is 1.60. The van der Waals surface area contributed by atoms with Gasteiger partial charge >= 0.3 is 10.4 Å². The molecule has 7 heteroatoms. The molecule has 0 radical (unpaired) electrons. The van der Waals surface area contributed by atoms with Gasteiger partial charge in [-0.3, -0.25) is 0 Å². The summed E-state index contributed by atoms with van der Waals surface area (Å²) in [5, 5.41) is 0. The predicted octanol–water partition coefficient (Wildman–Crippen LogP) is 0.511. The molecule has 0 aromatic heterocycles. The summed E-state index contributed by atoms with van der Waals surface area (Å²) < 4.78 is 31.2. The van der Waals surface area contributed by atoms with E-state index < -0.39 is 10.4 Å². The molecule has 0 spiro atoms. The molecule has 0 amide bonds. The molecule has 1 aromatic rings. The summed E-state index contributed by atoms with van der Waals surface area (Å²) in [5.41, 5.74) is 11.5. The molecule has 84 valence electrons. The molecule has 0 aliphatic heterocycles. The lowest BCUT2D eigenvalue weighted by molar-refractivity contribution is 0.288. The van der Waals surface area contributed by atoms with E-state index in [9.17, 15) is 8.42 Å². The van der Waals surface area contributed by atoms with Gasteiger partial charge in [0.25, 0.3) is 0 Å². The van der Waals surface area contributed by atoms with Crippen LogP contribution in [0.25, 0.3) is 0 Å². The lowest BCUT2D eigenvalue weighted by atomic mass is 10.3. The average molecular weight is 232 g/mol. The lowest BCUT2D eigenvalue weighted by Gasteiger charge is -2.08. The van der Waals surface area contributed by atoms with Gasteiger partial charge < -0.3 is 15.7 Å². The second-order valence-electron chi connectivity index (χ2n) is 2.70. The molecule has 0 atom stereocenters. The Hall–Kier alpha value is -1.47. The van der Waals surface area contributed by atoms with Crippen LogP contribution in [0.1, 0.15) is 6.92 Å². The van der Waals surface area contributed by atoms with Crippen molar-refractivity contribution in [3.8, 4) is 5.75 Å². The molecule has 1 aromatic carbocycles. The third kappa shape index (κ3) is 3.30. The van der Waals surface area contributed by atoms with Crippen molar-refractivity contribution in [1.29, 1.82) is 0 Å². The highest BCUT2D eigenvalue weighted by Gasteiger charge is 2.14. The minimum Gasteiger partial charge on any atom is -0.399 e. The number of anilines is 2. The molecule has 0 saturated heterocycles. The van der Waals surface area contributed by atoms with E-state index in [0.29, 0.717) is 5.69 Å². The maximum Gasteiger partial charge on any atom is 0.449 e. The first kappa shape index (κ1) is 11.6. The Labute approximate surface area is 88.1 Å². The Morgan fingerprint density at radius 3 is 2.60 bits per heavy atom. The zero-order chi connectivity index (χ0) is 11.5. The molecular formula is C8H12N2O4S. The Morgan fingerprint density at radius 2 is 2.00 bits per heavy atom. The maximum absolute atomic E-state index is 11.1. The Balaban J connectivity index is 2.94. The fourth-order valence-electron chi connectivity index (χ4n) is 0.901. The molecular weight excluding hydrogens is 220 g/mol. The number of rotatable bonds is 4. The third-order valence-electron chi connectivity index (χ3n) is 1.49. The summed E-state index contributed by atoms with van der Waals surface area (Å²) in [6.45, 7) is 1.52. The summed E-state index contributed by atoms with van der Waals surface area (Å²) in [6.07, 6.45) is 0. The van der Waals surface area contributed by atoms with E-state index in [1.165, 1.54) is 25.1 Å². The van der Waals surface area contributed by atoms with Gasteiger partial charge in [0, 0.05) is 11.8 Å². The van der Waals surface area contributed by atoms with Crippen LogP contribution in [0, 0.1) is 0 Å². The van der Waals surface area contributed by atoms with Crippen LogP contribution in [0.5, 0.6) is 5.75 Å². The van der Waals surface area contributed by atoms with Crippen LogP contribution >= 0.6 is 0 Å². The van der Waals surface area contributed by atoms with Gasteiger partial charge in [0.1, 0.15) is 0 Å². The SMILES string of the molecule is CCOS(=O)(=O)Oc1cc(N)ccc1N. The number of hydrogen-bond donors (Lipinski definition) is 2. The molecule has 1 rings (SSSR count). The molecule has 6 nitrogen and oxygen atoms in total. The summed E-state index contributed by atoms with van der Waals surface area (Å²) >= 11 is 0. The van der Waals surface area contributed by atoms with Crippen molar-refractivity contribution in [2.24, 2.45) is 0 Å². The van der Waals surface area contributed by atoms with Crippen molar-refractivity contribution in [3.05, 3.63) is 18.2 Å². The van der Waals surface area contributed by atoms with E-state index in [4.69, 9.17) is 11.5 Å². The first-order chi connectivity index (χ1) is 6.94. The van der Waals surface area contributed by atoms with Crippen molar-refractivity contribution in [2.45, 2.75) is 6.92 Å². The highest BCUT2D eigenvalue weighted by Crippen LogP contribution is 2.25. The maximum atomic E-state index is 11.1. The first-order valence-corrected chi connectivity index (χ1v) is 5.52. The summed E-state index contributed by atoms with van der Waals surface area (Å²) in [4.78, 5) is 0. The van der Waals surface area contributed by atoms with Crippen LogP contribution in [0.2, 0.25) is 0 Å². The Bertz CT molecular complexity index is 444. The molecule has 0 saturated carbocycles. The van der Waals surface area contributed by atoms with Gasteiger partial charge in [-0.1, -0.05) is 0 Å². The minimum atomic E-state index is -4.06. The van der Waals surface area contributed by atoms with E-state index in [1.54, 1.807) is 0 Å². The predicted molar refractivity (Wildman–Crippen MR) is 56.4 cm³/mol. The summed E-state index contributed by atoms with van der Waals surface area (Å²) in [6, 6.07) is 4.30. The van der Waals surface area contributed by atoms with Crippen molar-refractivity contribution in [1.82, 2.24) is 0 Å². The monoisotopic (exact) mass is 232 g/mol. The fraction of sp³-hybridized carbons (Fsp3) is 0.250.